The van der Waals surface area contributed by atoms with E-state index < -0.39 is 42.3 Å². The molecule has 0 spiro atoms. The van der Waals surface area contributed by atoms with Crippen LogP contribution in [0.1, 0.15) is 19.8 Å². The van der Waals surface area contributed by atoms with Crippen LogP contribution in [-0.2, 0) is 19.2 Å². The summed E-state index contributed by atoms with van der Waals surface area (Å²) >= 11 is 0. The molecule has 0 aromatic carbocycles. The maximum Gasteiger partial charge on any atom is 0.303 e. The van der Waals surface area contributed by atoms with E-state index in [1.54, 1.807) is 0 Å². The molecule has 0 fully saturated rings. The monoisotopic (exact) mass is 275 g/mol. The van der Waals surface area contributed by atoms with Gasteiger partial charge in [0.15, 0.2) is 1.41 Å². The van der Waals surface area contributed by atoms with Gasteiger partial charge in [0.1, 0.15) is 12.1 Å². The summed E-state index contributed by atoms with van der Waals surface area (Å²) in [5.74, 6) is -3.60. The number of aliphatic carboxylic acids is 1. The molecule has 0 aromatic rings. The van der Waals surface area contributed by atoms with E-state index in [1.165, 1.54) is 6.92 Å². The zero-order valence-corrected chi connectivity index (χ0v) is 10.5. The SMILES string of the molecule is [2H]N(C(=O)CN)[C@@H](C)C(=O)N[C@@H](CCC(=O)O)C(N)=O. The Kier molecular flexibility index (Phi) is 6.30. The van der Waals surface area contributed by atoms with E-state index >= 15 is 0 Å². The molecule has 0 radical (unpaired) electrons. The van der Waals surface area contributed by atoms with Crippen molar-refractivity contribution in [3.63, 3.8) is 0 Å². The molecule has 0 heterocycles. The third-order valence-corrected chi connectivity index (χ3v) is 2.20. The van der Waals surface area contributed by atoms with Crippen molar-refractivity contribution in [1.29, 1.82) is 0 Å². The second-order valence-electron chi connectivity index (χ2n) is 3.80. The number of nitrogens with two attached hydrogens (primary N) is 2. The van der Waals surface area contributed by atoms with Crippen molar-refractivity contribution in [2.24, 2.45) is 11.5 Å². The highest BCUT2D eigenvalue weighted by Gasteiger charge is 2.22. The van der Waals surface area contributed by atoms with Crippen molar-refractivity contribution < 1.29 is 25.7 Å². The number of nitrogens with one attached hydrogen (secondary N) is 2. The molecule has 0 rings (SSSR count). The highest BCUT2D eigenvalue weighted by atomic mass is 16.4. The fourth-order valence-corrected chi connectivity index (χ4v) is 1.17. The molecule has 0 aliphatic rings. The largest absolute Gasteiger partial charge is 0.481 e. The fourth-order valence-electron chi connectivity index (χ4n) is 1.17. The van der Waals surface area contributed by atoms with Crippen LogP contribution in [0.4, 0.5) is 0 Å². The van der Waals surface area contributed by atoms with E-state index in [1.807, 2.05) is 0 Å². The Labute approximate surface area is 111 Å². The van der Waals surface area contributed by atoms with Gasteiger partial charge in [0.25, 0.3) is 0 Å². The van der Waals surface area contributed by atoms with Crippen molar-refractivity contribution in [2.75, 3.05) is 6.54 Å². The molecule has 0 saturated heterocycles. The Morgan fingerprint density at radius 3 is 2.37 bits per heavy atom. The Bertz CT molecular complexity index is 403. The van der Waals surface area contributed by atoms with Gasteiger partial charge < -0.3 is 27.2 Å². The van der Waals surface area contributed by atoms with Gasteiger partial charge in [0, 0.05) is 6.42 Å². The molecular formula is C10H18N4O5. The molecule has 0 aromatic heterocycles. The number of carboxylic acid groups (broad SMARTS) is 1. The van der Waals surface area contributed by atoms with E-state index in [0.717, 1.165) is 0 Å². The first-order valence-electron chi connectivity index (χ1n) is 5.97. The lowest BCUT2D eigenvalue weighted by Gasteiger charge is -2.18. The minimum atomic E-state index is -1.18. The Morgan fingerprint density at radius 2 is 1.95 bits per heavy atom. The third-order valence-electron chi connectivity index (χ3n) is 2.20. The second-order valence-corrected chi connectivity index (χ2v) is 3.80. The number of rotatable bonds is 8. The molecule has 2 atom stereocenters. The smallest absolute Gasteiger partial charge is 0.303 e. The number of carbonyl (C=O) groups is 4. The first-order valence-corrected chi connectivity index (χ1v) is 5.53. The number of carboxylic acids is 1. The predicted molar refractivity (Wildman–Crippen MR) is 64.7 cm³/mol. The van der Waals surface area contributed by atoms with Crippen LogP contribution in [0.2, 0.25) is 1.41 Å². The lowest BCUT2D eigenvalue weighted by molar-refractivity contribution is -0.137. The molecule has 9 heteroatoms. The summed E-state index contributed by atoms with van der Waals surface area (Å²) in [6.07, 6.45) is -0.527. The molecule has 7 N–H and O–H groups in total. The number of carbonyl (C=O) groups excluding carboxylic acids is 3. The van der Waals surface area contributed by atoms with E-state index in [4.69, 9.17) is 18.0 Å². The highest BCUT2D eigenvalue weighted by Crippen LogP contribution is 1.98. The van der Waals surface area contributed by atoms with E-state index in [-0.39, 0.29) is 12.8 Å². The van der Waals surface area contributed by atoms with Gasteiger partial charge in [-0.1, -0.05) is 0 Å². The third kappa shape index (κ3) is 6.99. The average molecular weight is 275 g/mol. The zero-order valence-electron chi connectivity index (χ0n) is 11.5. The molecule has 108 valence electrons. The number of primary amides is 1. The molecule has 9 nitrogen and oxygen atoms in total. The van der Waals surface area contributed by atoms with Crippen molar-refractivity contribution in [1.82, 2.24) is 10.6 Å². The lowest BCUT2D eigenvalue weighted by Crippen LogP contribution is -2.52. The van der Waals surface area contributed by atoms with Crippen LogP contribution in [0.25, 0.3) is 0 Å². The van der Waals surface area contributed by atoms with Gasteiger partial charge in [-0.05, 0) is 13.3 Å². The highest BCUT2D eigenvalue weighted by molar-refractivity contribution is 5.91. The van der Waals surface area contributed by atoms with Crippen molar-refractivity contribution in [2.45, 2.75) is 31.8 Å². The van der Waals surface area contributed by atoms with Crippen LogP contribution in [-0.4, -0.2) is 47.4 Å². The Balaban J connectivity index is 4.63. The minimum absolute atomic E-state index is 0.175. The van der Waals surface area contributed by atoms with Crippen LogP contribution in [0.5, 0.6) is 0 Å². The topological polar surface area (TPSA) is 165 Å². The van der Waals surface area contributed by atoms with Gasteiger partial charge in [-0.15, -0.1) is 0 Å². The van der Waals surface area contributed by atoms with Crippen LogP contribution >= 0.6 is 0 Å². The maximum atomic E-state index is 11.7. The normalized spacial score (nSPS) is 13.9. The Morgan fingerprint density at radius 1 is 1.37 bits per heavy atom. The summed E-state index contributed by atoms with van der Waals surface area (Å²) in [7, 11) is 0. The molecule has 19 heavy (non-hydrogen) atoms. The summed E-state index contributed by atoms with van der Waals surface area (Å²) in [6.45, 7) is 0.838. The molecule has 0 bridgehead atoms. The zero-order chi connectivity index (χ0) is 15.9. The van der Waals surface area contributed by atoms with Crippen molar-refractivity contribution in [3.8, 4) is 0 Å². The van der Waals surface area contributed by atoms with Crippen LogP contribution in [0.3, 0.4) is 0 Å². The van der Waals surface area contributed by atoms with Crippen molar-refractivity contribution >= 4 is 23.7 Å². The van der Waals surface area contributed by atoms with Crippen LogP contribution in [0.15, 0.2) is 0 Å². The molecule has 0 aliphatic carbocycles. The fraction of sp³-hybridized carbons (Fsp3) is 0.600. The molecular weight excluding hydrogens is 256 g/mol. The van der Waals surface area contributed by atoms with Crippen molar-refractivity contribution in [3.05, 3.63) is 0 Å². The van der Waals surface area contributed by atoms with Crippen LogP contribution in [0, 0.1) is 0 Å². The molecule has 0 aliphatic heterocycles. The van der Waals surface area contributed by atoms with Gasteiger partial charge in [-0.3, -0.25) is 19.2 Å². The molecule has 0 saturated carbocycles. The first-order chi connectivity index (χ1) is 9.20. The summed E-state index contributed by atoms with van der Waals surface area (Å²) in [4.78, 5) is 44.4. The molecule has 0 unspecified atom stereocenters. The standard InChI is InChI=1S/C10H18N4O5/c1-5(13-7(15)4-11)10(19)14-6(9(12)18)2-3-8(16)17/h5-6H,2-4,11H2,1H3,(H2,12,18)(H,13,15)(H,14,19)(H,16,17)/t5-,6-/m0/s1/i/hD. The predicted octanol–water partition coefficient (Wildman–Crippen LogP) is -2.72. The quantitative estimate of drug-likeness (QED) is 0.323. The number of amides is 3. The summed E-state index contributed by atoms with van der Waals surface area (Å²) in [5, 5.41) is 11.1. The minimum Gasteiger partial charge on any atom is -0.481 e. The van der Waals surface area contributed by atoms with Gasteiger partial charge in [0.2, 0.25) is 17.7 Å². The Hall–Kier alpha value is -2.16. The number of hydrogen-bond donors (Lipinski definition) is 5. The van der Waals surface area contributed by atoms with E-state index in [9.17, 15) is 19.2 Å². The van der Waals surface area contributed by atoms with Gasteiger partial charge in [-0.25, -0.2) is 0 Å². The molecule has 3 amide bonds. The maximum absolute atomic E-state index is 11.7. The summed E-state index contributed by atoms with van der Waals surface area (Å²) in [5.41, 5.74) is 10.1. The summed E-state index contributed by atoms with van der Waals surface area (Å²) in [6, 6.07) is -2.36. The lowest BCUT2D eigenvalue weighted by atomic mass is 10.1. The first kappa shape index (κ1) is 14.9. The second kappa shape index (κ2) is 8.03. The van der Waals surface area contributed by atoms with Gasteiger partial charge in [0.05, 0.1) is 6.54 Å². The van der Waals surface area contributed by atoms with E-state index in [2.05, 4.69) is 5.32 Å². The number of hydrogen-bond acceptors (Lipinski definition) is 5. The van der Waals surface area contributed by atoms with E-state index in [0.29, 0.717) is 5.31 Å². The summed E-state index contributed by atoms with van der Waals surface area (Å²) < 4.78 is 7.37. The van der Waals surface area contributed by atoms with Gasteiger partial charge in [-0.2, -0.15) is 0 Å². The average Bonchev–Trinajstić information content (AvgIpc) is 2.39. The van der Waals surface area contributed by atoms with Gasteiger partial charge >= 0.3 is 5.97 Å². The van der Waals surface area contributed by atoms with Crippen LogP contribution < -0.4 is 22.1 Å².